The Hall–Kier alpha value is -1.64. The molecule has 0 atom stereocenters. The Morgan fingerprint density at radius 2 is 1.50 bits per heavy atom. The van der Waals surface area contributed by atoms with Gasteiger partial charge in [-0.05, 0) is 23.1 Å². The fourth-order valence-corrected chi connectivity index (χ4v) is 1.74. The van der Waals surface area contributed by atoms with Gasteiger partial charge in [0.2, 0.25) is 0 Å². The Labute approximate surface area is 95.9 Å². The van der Waals surface area contributed by atoms with Crippen molar-refractivity contribution >= 4 is 0 Å². The van der Waals surface area contributed by atoms with E-state index >= 15 is 0 Å². The molecule has 0 amide bonds. The molecule has 4 N–H and O–H groups in total. The standard InChI is InChI=1S/C14H16N2/c15-14(16)13-8-4-7-12(10-13)9-11-5-2-1-3-6-11/h1-8,10,14H,9,15-16H2. The molecule has 0 fully saturated rings. The fourth-order valence-electron chi connectivity index (χ4n) is 1.74. The first kappa shape index (κ1) is 10.9. The summed E-state index contributed by atoms with van der Waals surface area (Å²) >= 11 is 0. The number of nitrogens with two attached hydrogens (primary N) is 2. The summed E-state index contributed by atoms with van der Waals surface area (Å²) in [5.41, 5.74) is 14.8. The maximum atomic E-state index is 5.65. The van der Waals surface area contributed by atoms with Gasteiger partial charge in [-0.25, -0.2) is 0 Å². The van der Waals surface area contributed by atoms with Gasteiger partial charge in [0.15, 0.2) is 0 Å². The monoisotopic (exact) mass is 212 g/mol. The van der Waals surface area contributed by atoms with Crippen LogP contribution in [0.4, 0.5) is 0 Å². The van der Waals surface area contributed by atoms with Crippen molar-refractivity contribution in [3.8, 4) is 0 Å². The molecule has 0 bridgehead atoms. The highest BCUT2D eigenvalue weighted by atomic mass is 14.8. The summed E-state index contributed by atoms with van der Waals surface area (Å²) in [5, 5.41) is 0. The normalized spacial score (nSPS) is 10.7. The molecule has 2 aromatic carbocycles. The zero-order valence-corrected chi connectivity index (χ0v) is 9.14. The zero-order valence-electron chi connectivity index (χ0n) is 9.14. The summed E-state index contributed by atoms with van der Waals surface area (Å²) in [5.74, 6) is 0. The fraction of sp³-hybridized carbons (Fsp3) is 0.143. The molecule has 0 aliphatic rings. The van der Waals surface area contributed by atoms with Crippen molar-refractivity contribution in [3.63, 3.8) is 0 Å². The lowest BCUT2D eigenvalue weighted by atomic mass is 10.0. The molecule has 0 saturated carbocycles. The van der Waals surface area contributed by atoms with E-state index in [4.69, 9.17) is 11.5 Å². The summed E-state index contributed by atoms with van der Waals surface area (Å²) in [6, 6.07) is 18.5. The molecule has 0 aromatic heterocycles. The molecule has 2 aromatic rings. The first-order valence-electron chi connectivity index (χ1n) is 5.39. The Morgan fingerprint density at radius 3 is 2.19 bits per heavy atom. The van der Waals surface area contributed by atoms with E-state index in [9.17, 15) is 0 Å². The summed E-state index contributed by atoms with van der Waals surface area (Å²) < 4.78 is 0. The molecule has 0 spiro atoms. The minimum Gasteiger partial charge on any atom is -0.312 e. The molecule has 82 valence electrons. The van der Waals surface area contributed by atoms with Crippen LogP contribution in [0.2, 0.25) is 0 Å². The Kier molecular flexibility index (Phi) is 3.34. The molecule has 0 heterocycles. The molecule has 2 heteroatoms. The van der Waals surface area contributed by atoms with Crippen LogP contribution in [-0.2, 0) is 6.42 Å². The second-order valence-electron chi connectivity index (χ2n) is 3.93. The second-order valence-corrected chi connectivity index (χ2v) is 3.93. The molecule has 2 nitrogen and oxygen atoms in total. The van der Waals surface area contributed by atoms with Crippen LogP contribution < -0.4 is 11.5 Å². The predicted molar refractivity (Wildman–Crippen MR) is 66.8 cm³/mol. The van der Waals surface area contributed by atoms with Crippen LogP contribution in [0.3, 0.4) is 0 Å². The van der Waals surface area contributed by atoms with Crippen LogP contribution in [0.25, 0.3) is 0 Å². The Morgan fingerprint density at radius 1 is 0.812 bits per heavy atom. The van der Waals surface area contributed by atoms with Crippen LogP contribution in [0.15, 0.2) is 54.6 Å². The summed E-state index contributed by atoms with van der Waals surface area (Å²) in [7, 11) is 0. The van der Waals surface area contributed by atoms with Crippen molar-refractivity contribution in [2.24, 2.45) is 11.5 Å². The molecule has 0 aliphatic heterocycles. The van der Waals surface area contributed by atoms with E-state index in [2.05, 4.69) is 24.3 Å². The van der Waals surface area contributed by atoms with Crippen molar-refractivity contribution in [3.05, 3.63) is 71.3 Å². The highest BCUT2D eigenvalue weighted by Crippen LogP contribution is 2.13. The second kappa shape index (κ2) is 4.92. The Balaban J connectivity index is 2.19. The van der Waals surface area contributed by atoms with Crippen LogP contribution in [0.5, 0.6) is 0 Å². The highest BCUT2D eigenvalue weighted by Gasteiger charge is 2.01. The predicted octanol–water partition coefficient (Wildman–Crippen LogP) is 2.19. The van der Waals surface area contributed by atoms with Gasteiger partial charge in [0.25, 0.3) is 0 Å². The summed E-state index contributed by atoms with van der Waals surface area (Å²) in [6.45, 7) is 0. The van der Waals surface area contributed by atoms with E-state index in [1.165, 1.54) is 11.1 Å². The van der Waals surface area contributed by atoms with Crippen molar-refractivity contribution in [2.45, 2.75) is 12.6 Å². The maximum Gasteiger partial charge on any atom is 0.0784 e. The molecular weight excluding hydrogens is 196 g/mol. The third-order valence-corrected chi connectivity index (χ3v) is 2.59. The van der Waals surface area contributed by atoms with Gasteiger partial charge in [0, 0.05) is 0 Å². The van der Waals surface area contributed by atoms with Gasteiger partial charge in [0.05, 0.1) is 6.17 Å². The van der Waals surface area contributed by atoms with Crippen molar-refractivity contribution in [1.82, 2.24) is 0 Å². The Bertz CT molecular complexity index is 449. The minimum atomic E-state index is -0.393. The van der Waals surface area contributed by atoms with E-state index < -0.39 is 6.17 Å². The molecule has 0 aliphatic carbocycles. The van der Waals surface area contributed by atoms with Crippen LogP contribution >= 0.6 is 0 Å². The van der Waals surface area contributed by atoms with E-state index in [1.54, 1.807) is 0 Å². The number of benzene rings is 2. The molecule has 0 radical (unpaired) electrons. The SMILES string of the molecule is NC(N)c1cccc(Cc2ccccc2)c1. The van der Waals surface area contributed by atoms with E-state index in [0.29, 0.717) is 0 Å². The van der Waals surface area contributed by atoms with Gasteiger partial charge in [-0.1, -0.05) is 54.6 Å². The summed E-state index contributed by atoms with van der Waals surface area (Å²) in [4.78, 5) is 0. The third-order valence-electron chi connectivity index (χ3n) is 2.59. The first-order valence-corrected chi connectivity index (χ1v) is 5.39. The smallest absolute Gasteiger partial charge is 0.0784 e. The van der Waals surface area contributed by atoms with Crippen molar-refractivity contribution in [2.75, 3.05) is 0 Å². The van der Waals surface area contributed by atoms with Crippen molar-refractivity contribution < 1.29 is 0 Å². The van der Waals surface area contributed by atoms with Gasteiger partial charge >= 0.3 is 0 Å². The van der Waals surface area contributed by atoms with Crippen molar-refractivity contribution in [1.29, 1.82) is 0 Å². The highest BCUT2D eigenvalue weighted by molar-refractivity contribution is 5.30. The minimum absolute atomic E-state index is 0.393. The lowest BCUT2D eigenvalue weighted by molar-refractivity contribution is 0.772. The summed E-state index contributed by atoms with van der Waals surface area (Å²) in [6.07, 6.45) is 0.525. The lowest BCUT2D eigenvalue weighted by Crippen LogP contribution is -2.20. The number of hydrogen-bond donors (Lipinski definition) is 2. The molecule has 0 unspecified atom stereocenters. The quantitative estimate of drug-likeness (QED) is 0.766. The average Bonchev–Trinajstić information content (AvgIpc) is 2.30. The van der Waals surface area contributed by atoms with Gasteiger partial charge in [-0.3, -0.25) is 0 Å². The maximum absolute atomic E-state index is 5.65. The van der Waals surface area contributed by atoms with E-state index in [0.717, 1.165) is 12.0 Å². The molecule has 0 saturated heterocycles. The van der Waals surface area contributed by atoms with Gasteiger partial charge in [-0.2, -0.15) is 0 Å². The van der Waals surface area contributed by atoms with Gasteiger partial charge in [-0.15, -0.1) is 0 Å². The third kappa shape index (κ3) is 2.69. The van der Waals surface area contributed by atoms with E-state index in [-0.39, 0.29) is 0 Å². The average molecular weight is 212 g/mol. The lowest BCUT2D eigenvalue weighted by Gasteiger charge is -2.08. The largest absolute Gasteiger partial charge is 0.312 e. The first-order chi connectivity index (χ1) is 7.75. The molecular formula is C14H16N2. The van der Waals surface area contributed by atoms with Crippen LogP contribution in [0.1, 0.15) is 22.9 Å². The van der Waals surface area contributed by atoms with Crippen LogP contribution in [0, 0.1) is 0 Å². The van der Waals surface area contributed by atoms with Crippen LogP contribution in [-0.4, -0.2) is 0 Å². The molecule has 2 rings (SSSR count). The van der Waals surface area contributed by atoms with Gasteiger partial charge in [0.1, 0.15) is 0 Å². The topological polar surface area (TPSA) is 52.0 Å². The zero-order chi connectivity index (χ0) is 11.4. The van der Waals surface area contributed by atoms with Gasteiger partial charge < -0.3 is 11.5 Å². The number of hydrogen-bond acceptors (Lipinski definition) is 2. The number of rotatable bonds is 3. The van der Waals surface area contributed by atoms with E-state index in [1.807, 2.05) is 30.3 Å². The molecule has 16 heavy (non-hydrogen) atoms.